The Bertz CT molecular complexity index is 1040. The van der Waals surface area contributed by atoms with Crippen molar-refractivity contribution in [1.29, 1.82) is 0 Å². The number of carboxylic acids is 1. The molecule has 0 aliphatic heterocycles. The number of aryl methyl sites for hydroxylation is 2. The topological polar surface area (TPSA) is 89.9 Å². The van der Waals surface area contributed by atoms with Gasteiger partial charge in [-0.1, -0.05) is 44.2 Å². The Kier molecular flexibility index (Phi) is 8.71. The molecule has 3 rings (SSSR count). The molecule has 0 spiro atoms. The predicted octanol–water partition coefficient (Wildman–Crippen LogP) is 5.89. The van der Waals surface area contributed by atoms with E-state index in [2.05, 4.69) is 0 Å². The van der Waals surface area contributed by atoms with Crippen LogP contribution in [0.1, 0.15) is 79.4 Å². The second-order valence-corrected chi connectivity index (χ2v) is 10.1. The molecule has 6 nitrogen and oxygen atoms in total. The first-order chi connectivity index (χ1) is 16.6. The average molecular weight is 481 g/mol. The van der Waals surface area contributed by atoms with Crippen LogP contribution in [0.5, 0.6) is 11.5 Å². The fourth-order valence-electron chi connectivity index (χ4n) is 4.55. The van der Waals surface area contributed by atoms with Crippen LogP contribution in [0.25, 0.3) is 0 Å². The van der Waals surface area contributed by atoms with Gasteiger partial charge in [0.25, 0.3) is 0 Å². The van der Waals surface area contributed by atoms with Crippen LogP contribution in [0.2, 0.25) is 0 Å². The summed E-state index contributed by atoms with van der Waals surface area (Å²) in [7, 11) is 0. The largest absolute Gasteiger partial charge is 0.494 e. The van der Waals surface area contributed by atoms with E-state index in [0.29, 0.717) is 40.4 Å². The Hall–Kier alpha value is -3.15. The molecule has 1 aliphatic rings. The molecular formula is C29H36O6. The number of benzene rings is 2. The van der Waals surface area contributed by atoms with Crippen LogP contribution >= 0.6 is 0 Å². The highest BCUT2D eigenvalue weighted by Crippen LogP contribution is 2.29. The van der Waals surface area contributed by atoms with E-state index in [0.717, 1.165) is 12.3 Å². The molecular weight excluding hydrogens is 444 g/mol. The van der Waals surface area contributed by atoms with Crippen LogP contribution in [-0.4, -0.2) is 34.9 Å². The molecule has 0 radical (unpaired) electrons. The summed E-state index contributed by atoms with van der Waals surface area (Å²) in [6, 6.07) is 10.3. The standard InChI is InChI=1S/C29H36O6/c1-19-16-22(17-20(2)27(19)35-29(3,4)28(32)33)18-25(30)26(31)23-10-12-24(13-11-23)34-15-14-21-8-6-5-7-9-21/h10-13,16-17,21H,5-9,14-15,18H2,1-4H3,(H,32,33). The Morgan fingerprint density at radius 2 is 1.57 bits per heavy atom. The van der Waals surface area contributed by atoms with E-state index in [1.54, 1.807) is 50.2 Å². The summed E-state index contributed by atoms with van der Waals surface area (Å²) in [5.74, 6) is -0.189. The van der Waals surface area contributed by atoms with Crippen LogP contribution in [0.3, 0.4) is 0 Å². The van der Waals surface area contributed by atoms with Gasteiger partial charge in [0.2, 0.25) is 11.6 Å². The van der Waals surface area contributed by atoms with Gasteiger partial charge in [-0.3, -0.25) is 9.59 Å². The van der Waals surface area contributed by atoms with Crippen LogP contribution in [0.4, 0.5) is 0 Å². The van der Waals surface area contributed by atoms with Crippen molar-refractivity contribution >= 4 is 17.5 Å². The molecule has 35 heavy (non-hydrogen) atoms. The summed E-state index contributed by atoms with van der Waals surface area (Å²) < 4.78 is 11.6. The smallest absolute Gasteiger partial charge is 0.347 e. The molecule has 188 valence electrons. The van der Waals surface area contributed by atoms with Crippen molar-refractivity contribution in [2.75, 3.05) is 6.61 Å². The lowest BCUT2D eigenvalue weighted by atomic mass is 9.87. The molecule has 1 saturated carbocycles. The zero-order valence-electron chi connectivity index (χ0n) is 21.2. The first-order valence-corrected chi connectivity index (χ1v) is 12.4. The maximum atomic E-state index is 12.7. The summed E-state index contributed by atoms with van der Waals surface area (Å²) in [5.41, 5.74) is 1.07. The lowest BCUT2D eigenvalue weighted by Gasteiger charge is -2.24. The summed E-state index contributed by atoms with van der Waals surface area (Å²) in [6.45, 7) is 7.22. The van der Waals surface area contributed by atoms with Crippen molar-refractivity contribution in [3.8, 4) is 11.5 Å². The SMILES string of the molecule is Cc1cc(CC(=O)C(=O)c2ccc(OCCC3CCCCC3)cc2)cc(C)c1OC(C)(C)C(=O)O. The number of rotatable bonds is 11. The molecule has 6 heteroatoms. The molecule has 1 N–H and O–H groups in total. The van der Waals surface area contributed by atoms with Gasteiger partial charge in [-0.05, 0) is 81.0 Å². The average Bonchev–Trinajstić information content (AvgIpc) is 2.82. The highest BCUT2D eigenvalue weighted by Gasteiger charge is 2.30. The predicted molar refractivity (Wildman–Crippen MR) is 134 cm³/mol. The van der Waals surface area contributed by atoms with Crippen molar-refractivity contribution in [2.24, 2.45) is 5.92 Å². The third-order valence-corrected chi connectivity index (χ3v) is 6.65. The Labute approximate surface area is 207 Å². The second kappa shape index (κ2) is 11.5. The number of ether oxygens (including phenoxy) is 2. The highest BCUT2D eigenvalue weighted by molar-refractivity contribution is 6.44. The van der Waals surface area contributed by atoms with Crippen LogP contribution in [-0.2, 0) is 16.0 Å². The van der Waals surface area contributed by atoms with Crippen LogP contribution < -0.4 is 9.47 Å². The monoisotopic (exact) mass is 480 g/mol. The minimum absolute atomic E-state index is 0.0389. The van der Waals surface area contributed by atoms with E-state index in [1.807, 2.05) is 0 Å². The number of hydrogen-bond acceptors (Lipinski definition) is 5. The summed E-state index contributed by atoms with van der Waals surface area (Å²) >= 11 is 0. The minimum atomic E-state index is -1.38. The molecule has 0 atom stereocenters. The molecule has 0 heterocycles. The van der Waals surface area contributed by atoms with Gasteiger partial charge in [0, 0.05) is 12.0 Å². The lowest BCUT2D eigenvalue weighted by molar-refractivity contribution is -0.152. The molecule has 0 unspecified atom stereocenters. The number of ketones is 2. The molecule has 1 fully saturated rings. The number of aliphatic carboxylic acids is 1. The summed E-state index contributed by atoms with van der Waals surface area (Å²) in [5, 5.41) is 9.33. The Balaban J connectivity index is 1.57. The number of carbonyl (C=O) groups excluding carboxylic acids is 2. The molecule has 1 aliphatic carbocycles. The van der Waals surface area contributed by atoms with Gasteiger partial charge >= 0.3 is 5.97 Å². The first kappa shape index (κ1) is 26.5. The van der Waals surface area contributed by atoms with Gasteiger partial charge in [-0.2, -0.15) is 0 Å². The van der Waals surface area contributed by atoms with Crippen LogP contribution in [0.15, 0.2) is 36.4 Å². The summed E-state index contributed by atoms with van der Waals surface area (Å²) in [4.78, 5) is 36.8. The molecule has 0 aromatic heterocycles. The van der Waals surface area contributed by atoms with E-state index in [4.69, 9.17) is 9.47 Å². The molecule has 0 saturated heterocycles. The van der Waals surface area contributed by atoms with Crippen molar-refractivity contribution in [3.63, 3.8) is 0 Å². The third-order valence-electron chi connectivity index (χ3n) is 6.65. The van der Waals surface area contributed by atoms with Gasteiger partial charge in [-0.15, -0.1) is 0 Å². The molecule has 2 aromatic carbocycles. The zero-order chi connectivity index (χ0) is 25.6. The second-order valence-electron chi connectivity index (χ2n) is 10.1. The minimum Gasteiger partial charge on any atom is -0.494 e. The number of carboxylic acid groups (broad SMARTS) is 1. The Morgan fingerprint density at radius 1 is 0.971 bits per heavy atom. The summed E-state index contributed by atoms with van der Waals surface area (Å²) in [6.07, 6.45) is 7.56. The van der Waals surface area contributed by atoms with E-state index in [1.165, 1.54) is 46.0 Å². The number of Topliss-reactive ketones (excluding diaryl/α,β-unsaturated/α-hetero) is 2. The quantitative estimate of drug-likeness (QED) is 0.319. The third kappa shape index (κ3) is 7.17. The molecule has 0 bridgehead atoms. The van der Waals surface area contributed by atoms with Gasteiger partial charge in [0.05, 0.1) is 6.61 Å². The van der Waals surface area contributed by atoms with Crippen LogP contribution in [0, 0.1) is 19.8 Å². The molecule has 0 amide bonds. The first-order valence-electron chi connectivity index (χ1n) is 12.4. The lowest BCUT2D eigenvalue weighted by Crippen LogP contribution is -2.38. The number of hydrogen-bond donors (Lipinski definition) is 1. The van der Waals surface area contributed by atoms with Crippen molar-refractivity contribution in [2.45, 2.75) is 78.2 Å². The van der Waals surface area contributed by atoms with Crippen molar-refractivity contribution < 1.29 is 29.0 Å². The number of carbonyl (C=O) groups is 3. The van der Waals surface area contributed by atoms with E-state index in [9.17, 15) is 19.5 Å². The maximum Gasteiger partial charge on any atom is 0.347 e. The van der Waals surface area contributed by atoms with Gasteiger partial charge < -0.3 is 14.6 Å². The molecule has 2 aromatic rings. The van der Waals surface area contributed by atoms with E-state index >= 15 is 0 Å². The van der Waals surface area contributed by atoms with Gasteiger partial charge in [0.15, 0.2) is 5.60 Å². The van der Waals surface area contributed by atoms with Gasteiger partial charge in [-0.25, -0.2) is 4.79 Å². The van der Waals surface area contributed by atoms with E-state index in [-0.39, 0.29) is 6.42 Å². The normalized spacial score (nSPS) is 14.4. The van der Waals surface area contributed by atoms with Gasteiger partial charge in [0.1, 0.15) is 11.5 Å². The fourth-order valence-corrected chi connectivity index (χ4v) is 4.55. The fraction of sp³-hybridized carbons (Fsp3) is 0.483. The van der Waals surface area contributed by atoms with Crippen molar-refractivity contribution in [3.05, 3.63) is 58.7 Å². The highest BCUT2D eigenvalue weighted by atomic mass is 16.5. The maximum absolute atomic E-state index is 12.7. The Morgan fingerprint density at radius 3 is 2.14 bits per heavy atom. The van der Waals surface area contributed by atoms with E-state index < -0.39 is 23.1 Å². The van der Waals surface area contributed by atoms with Crippen molar-refractivity contribution in [1.82, 2.24) is 0 Å². The zero-order valence-corrected chi connectivity index (χ0v) is 21.2.